The van der Waals surface area contributed by atoms with Crippen LogP contribution >= 0.6 is 12.4 Å². The third kappa shape index (κ3) is 8.11. The van der Waals surface area contributed by atoms with Gasteiger partial charge >= 0.3 is 6.09 Å². The Bertz CT molecular complexity index is 1070. The fraction of sp³-hybridized carbons (Fsp3) is 0.407. The molecular weight excluding hydrogens is 496 g/mol. The first-order valence-corrected chi connectivity index (χ1v) is 12.1. The second-order valence-electron chi connectivity index (χ2n) is 9.19. The highest BCUT2D eigenvalue weighted by atomic mass is 35.5. The van der Waals surface area contributed by atoms with Crippen LogP contribution in [0.1, 0.15) is 48.7 Å². The van der Waals surface area contributed by atoms with Crippen molar-refractivity contribution in [3.8, 4) is 11.5 Å². The van der Waals surface area contributed by atoms with Crippen molar-refractivity contribution < 1.29 is 24.2 Å². The number of carbonyl (C=O) groups is 2. The van der Waals surface area contributed by atoms with Crippen LogP contribution in [0.5, 0.6) is 11.5 Å². The summed E-state index contributed by atoms with van der Waals surface area (Å²) in [7, 11) is 5.51. The van der Waals surface area contributed by atoms with E-state index in [4.69, 9.17) is 9.47 Å². The number of halogens is 1. The molecule has 0 saturated carbocycles. The number of hydrogen-bond donors (Lipinski definition) is 2. The van der Waals surface area contributed by atoms with Crippen LogP contribution in [0, 0.1) is 0 Å². The monoisotopic (exact) mass is 532 g/mol. The summed E-state index contributed by atoms with van der Waals surface area (Å²) in [5, 5.41) is 11.1. The van der Waals surface area contributed by atoms with E-state index in [0.717, 1.165) is 12.1 Å². The predicted molar refractivity (Wildman–Crippen MR) is 147 cm³/mol. The van der Waals surface area contributed by atoms with Crippen LogP contribution < -0.4 is 19.8 Å². The molecular formula is C27H37ClN4O5. The summed E-state index contributed by atoms with van der Waals surface area (Å²) in [6, 6.07) is 12.3. The Hall–Kier alpha value is -3.27. The van der Waals surface area contributed by atoms with Crippen LogP contribution in [-0.4, -0.2) is 67.4 Å². The molecule has 2 amide bonds. The van der Waals surface area contributed by atoms with Gasteiger partial charge in [0.25, 0.3) is 5.91 Å². The van der Waals surface area contributed by atoms with Crippen LogP contribution in [-0.2, 0) is 0 Å². The van der Waals surface area contributed by atoms with E-state index in [-0.39, 0.29) is 30.5 Å². The zero-order chi connectivity index (χ0) is 26.2. The number of rotatable bonds is 10. The Morgan fingerprint density at radius 2 is 1.81 bits per heavy atom. The molecule has 0 bridgehead atoms. The SMILES string of the molecule is COc1ccc(C2CC=CN(C(=O)c3ccc(N(CCCN(C)C)C(=O)O)cc3)N2)cc1OC(C)C.Cl. The largest absolute Gasteiger partial charge is 0.493 e. The van der Waals surface area contributed by atoms with Gasteiger partial charge in [0.15, 0.2) is 11.5 Å². The Morgan fingerprint density at radius 1 is 1.11 bits per heavy atom. The van der Waals surface area contributed by atoms with Gasteiger partial charge in [-0.25, -0.2) is 15.2 Å². The molecule has 2 aromatic rings. The van der Waals surface area contributed by atoms with Gasteiger partial charge in [-0.2, -0.15) is 0 Å². The number of carboxylic acid groups (broad SMARTS) is 1. The van der Waals surface area contributed by atoms with Gasteiger partial charge in [0.2, 0.25) is 0 Å². The van der Waals surface area contributed by atoms with Gasteiger partial charge in [-0.05, 0) is 89.3 Å². The first-order chi connectivity index (χ1) is 17.2. The molecule has 1 aliphatic rings. The fourth-order valence-corrected chi connectivity index (χ4v) is 3.96. The number of hydrogen-bond acceptors (Lipinski definition) is 6. The van der Waals surface area contributed by atoms with Crippen molar-refractivity contribution in [1.29, 1.82) is 0 Å². The summed E-state index contributed by atoms with van der Waals surface area (Å²) in [6.07, 6.45) is 4.05. The zero-order valence-electron chi connectivity index (χ0n) is 22.0. The van der Waals surface area contributed by atoms with Crippen LogP contribution in [0.25, 0.3) is 0 Å². The van der Waals surface area contributed by atoms with Crippen molar-refractivity contribution in [2.24, 2.45) is 0 Å². The van der Waals surface area contributed by atoms with E-state index in [9.17, 15) is 14.7 Å². The molecule has 0 aliphatic carbocycles. The Labute approximate surface area is 225 Å². The highest BCUT2D eigenvalue weighted by Gasteiger charge is 2.24. The van der Waals surface area contributed by atoms with Gasteiger partial charge in [-0.1, -0.05) is 12.1 Å². The lowest BCUT2D eigenvalue weighted by molar-refractivity contribution is 0.0713. The van der Waals surface area contributed by atoms with E-state index in [0.29, 0.717) is 42.1 Å². The van der Waals surface area contributed by atoms with Crippen molar-refractivity contribution in [2.75, 3.05) is 39.2 Å². The van der Waals surface area contributed by atoms with Gasteiger partial charge in [-0.15, -0.1) is 12.4 Å². The Balaban J connectivity index is 0.00000481. The maximum Gasteiger partial charge on any atom is 0.411 e. The summed E-state index contributed by atoms with van der Waals surface area (Å²) in [5.74, 6) is 1.08. The summed E-state index contributed by atoms with van der Waals surface area (Å²) < 4.78 is 11.3. The average Bonchev–Trinajstić information content (AvgIpc) is 2.85. The third-order valence-electron chi connectivity index (χ3n) is 5.74. The molecule has 9 nitrogen and oxygen atoms in total. The van der Waals surface area contributed by atoms with E-state index in [2.05, 4.69) is 5.43 Å². The molecule has 1 atom stereocenters. The molecule has 1 unspecified atom stereocenters. The summed E-state index contributed by atoms with van der Waals surface area (Å²) in [4.78, 5) is 28.2. The maximum absolute atomic E-state index is 13.2. The number of hydrazine groups is 1. The standard InChI is InChI=1S/C27H36N4O5.ClH/c1-19(2)36-25-18-21(11-14-24(25)35-5)23-8-6-17-31(28-23)26(32)20-9-12-22(13-10-20)30(27(33)34)16-7-15-29(3)4;/h6,9-14,17-19,23,28H,7-8,15-16H2,1-5H3,(H,33,34);1H. The molecule has 2 aromatic carbocycles. The number of methoxy groups -OCH3 is 1. The van der Waals surface area contributed by atoms with Gasteiger partial charge in [-0.3, -0.25) is 9.69 Å². The molecule has 1 aliphatic heterocycles. The molecule has 202 valence electrons. The van der Waals surface area contributed by atoms with Crippen molar-refractivity contribution in [1.82, 2.24) is 15.3 Å². The average molecular weight is 533 g/mol. The lowest BCUT2D eigenvalue weighted by Gasteiger charge is -2.30. The molecule has 37 heavy (non-hydrogen) atoms. The highest BCUT2D eigenvalue weighted by molar-refractivity contribution is 5.95. The van der Waals surface area contributed by atoms with Crippen LogP contribution in [0.4, 0.5) is 10.5 Å². The van der Waals surface area contributed by atoms with Crippen LogP contribution in [0.15, 0.2) is 54.7 Å². The second-order valence-corrected chi connectivity index (χ2v) is 9.19. The molecule has 0 fully saturated rings. The zero-order valence-corrected chi connectivity index (χ0v) is 22.8. The first-order valence-electron chi connectivity index (χ1n) is 12.1. The molecule has 0 radical (unpaired) electrons. The van der Waals surface area contributed by atoms with Crippen LogP contribution in [0.2, 0.25) is 0 Å². The summed E-state index contributed by atoms with van der Waals surface area (Å²) in [5.41, 5.74) is 5.23. The van der Waals surface area contributed by atoms with E-state index in [1.54, 1.807) is 37.6 Å². The number of benzene rings is 2. The molecule has 1 heterocycles. The first kappa shape index (κ1) is 30.0. The fourth-order valence-electron chi connectivity index (χ4n) is 3.96. The van der Waals surface area contributed by atoms with Gasteiger partial charge in [0.1, 0.15) is 0 Å². The summed E-state index contributed by atoms with van der Waals surface area (Å²) >= 11 is 0. The Morgan fingerprint density at radius 3 is 2.41 bits per heavy atom. The molecule has 0 spiro atoms. The maximum atomic E-state index is 13.2. The molecule has 3 rings (SSSR count). The molecule has 2 N–H and O–H groups in total. The number of nitrogens with one attached hydrogen (secondary N) is 1. The van der Waals surface area contributed by atoms with Gasteiger partial charge in [0, 0.05) is 24.0 Å². The van der Waals surface area contributed by atoms with Gasteiger partial charge in [0.05, 0.1) is 19.3 Å². The number of amides is 2. The number of nitrogens with zero attached hydrogens (tertiary/aromatic N) is 3. The predicted octanol–water partition coefficient (Wildman–Crippen LogP) is 4.95. The second kappa shape index (κ2) is 13.9. The number of ether oxygens (including phenoxy) is 2. The smallest absolute Gasteiger partial charge is 0.411 e. The van der Waals surface area contributed by atoms with E-state index >= 15 is 0 Å². The third-order valence-corrected chi connectivity index (χ3v) is 5.74. The normalized spacial score (nSPS) is 14.9. The molecule has 10 heteroatoms. The molecule has 0 saturated heterocycles. The van der Waals surface area contributed by atoms with Crippen molar-refractivity contribution in [3.63, 3.8) is 0 Å². The molecule has 0 aromatic heterocycles. The Kier molecular flexibility index (Phi) is 11.2. The lowest BCUT2D eigenvalue weighted by atomic mass is 10.0. The minimum atomic E-state index is -1.02. The van der Waals surface area contributed by atoms with E-state index in [1.165, 1.54) is 9.91 Å². The number of carbonyl (C=O) groups excluding carboxylic acids is 1. The number of anilines is 1. The topological polar surface area (TPSA) is 94.6 Å². The lowest BCUT2D eigenvalue weighted by Crippen LogP contribution is -2.43. The van der Waals surface area contributed by atoms with E-state index in [1.807, 2.05) is 57.1 Å². The highest BCUT2D eigenvalue weighted by Crippen LogP contribution is 2.33. The van der Waals surface area contributed by atoms with Crippen LogP contribution in [0.3, 0.4) is 0 Å². The van der Waals surface area contributed by atoms with Gasteiger partial charge < -0.3 is 19.5 Å². The van der Waals surface area contributed by atoms with Crippen molar-refractivity contribution >= 4 is 30.1 Å². The van der Waals surface area contributed by atoms with E-state index < -0.39 is 6.09 Å². The van der Waals surface area contributed by atoms with Crippen molar-refractivity contribution in [2.45, 2.75) is 38.8 Å². The summed E-state index contributed by atoms with van der Waals surface area (Å²) in [6.45, 7) is 5.08. The minimum Gasteiger partial charge on any atom is -0.493 e. The van der Waals surface area contributed by atoms with Crippen molar-refractivity contribution in [3.05, 3.63) is 65.9 Å². The quantitative estimate of drug-likeness (QED) is 0.447. The minimum absolute atomic E-state index is 0.